The minimum atomic E-state index is -0.804. The van der Waals surface area contributed by atoms with Crippen molar-refractivity contribution in [2.45, 2.75) is 20.3 Å². The summed E-state index contributed by atoms with van der Waals surface area (Å²) in [6, 6.07) is 7.29. The summed E-state index contributed by atoms with van der Waals surface area (Å²) in [6.07, 6.45) is 1.48. The van der Waals surface area contributed by atoms with Gasteiger partial charge in [-0.15, -0.1) is 0 Å². The third-order valence-electron chi connectivity index (χ3n) is 3.85. The van der Waals surface area contributed by atoms with Crippen LogP contribution in [0.25, 0.3) is 11.0 Å². The van der Waals surface area contributed by atoms with Gasteiger partial charge in [-0.1, -0.05) is 6.07 Å². The number of hydrogen-bond donors (Lipinski definition) is 1. The third-order valence-corrected chi connectivity index (χ3v) is 3.85. The fraction of sp³-hybridized carbons (Fsp3) is 0.167. The highest BCUT2D eigenvalue weighted by Gasteiger charge is 2.15. The van der Waals surface area contributed by atoms with Gasteiger partial charge in [-0.3, -0.25) is 4.79 Å². The first kappa shape index (κ1) is 15.2. The van der Waals surface area contributed by atoms with Crippen LogP contribution < -0.4 is 5.32 Å². The van der Waals surface area contributed by atoms with Crippen LogP contribution in [-0.4, -0.2) is 5.91 Å². The normalized spacial score (nSPS) is 11.0. The van der Waals surface area contributed by atoms with E-state index in [1.165, 1.54) is 12.3 Å². The van der Waals surface area contributed by atoms with Crippen LogP contribution in [0, 0.1) is 25.5 Å². The van der Waals surface area contributed by atoms with Crippen molar-refractivity contribution in [1.29, 1.82) is 0 Å². The Bertz CT molecular complexity index is 879. The maximum absolute atomic E-state index is 13.6. The molecule has 0 bridgehead atoms. The van der Waals surface area contributed by atoms with E-state index >= 15 is 0 Å². The Kier molecular flexibility index (Phi) is 3.86. The van der Waals surface area contributed by atoms with Gasteiger partial charge in [-0.2, -0.15) is 0 Å². The van der Waals surface area contributed by atoms with Crippen LogP contribution in [0.4, 0.5) is 14.5 Å². The van der Waals surface area contributed by atoms with Gasteiger partial charge in [-0.25, -0.2) is 8.78 Å². The highest BCUT2D eigenvalue weighted by Crippen LogP contribution is 2.26. The van der Waals surface area contributed by atoms with Gasteiger partial charge in [0.2, 0.25) is 5.91 Å². The van der Waals surface area contributed by atoms with Crippen molar-refractivity contribution in [3.05, 3.63) is 64.9 Å². The molecule has 1 amide bonds. The summed E-state index contributed by atoms with van der Waals surface area (Å²) in [4.78, 5) is 12.1. The molecule has 1 aromatic heterocycles. The van der Waals surface area contributed by atoms with Crippen molar-refractivity contribution in [3.8, 4) is 0 Å². The Labute approximate surface area is 131 Å². The number of anilines is 1. The molecule has 0 unspecified atom stereocenters. The van der Waals surface area contributed by atoms with Crippen LogP contribution in [0.15, 0.2) is 41.0 Å². The van der Waals surface area contributed by atoms with Crippen molar-refractivity contribution in [3.63, 3.8) is 0 Å². The number of benzene rings is 2. The summed E-state index contributed by atoms with van der Waals surface area (Å²) < 4.78 is 32.6. The van der Waals surface area contributed by atoms with E-state index in [9.17, 15) is 13.6 Å². The van der Waals surface area contributed by atoms with Crippen molar-refractivity contribution >= 4 is 22.6 Å². The molecule has 0 aliphatic heterocycles. The Morgan fingerprint density at radius 1 is 1.13 bits per heavy atom. The van der Waals surface area contributed by atoms with Gasteiger partial charge in [0.25, 0.3) is 0 Å². The van der Waals surface area contributed by atoms with E-state index in [0.29, 0.717) is 11.1 Å². The molecule has 0 aliphatic rings. The predicted molar refractivity (Wildman–Crippen MR) is 84.4 cm³/mol. The molecule has 3 rings (SSSR count). The van der Waals surface area contributed by atoms with Crippen LogP contribution in [0.5, 0.6) is 0 Å². The fourth-order valence-electron chi connectivity index (χ4n) is 2.45. The van der Waals surface area contributed by atoms with Gasteiger partial charge in [0.1, 0.15) is 22.9 Å². The summed E-state index contributed by atoms with van der Waals surface area (Å²) in [5.74, 6) is -2.11. The molecule has 0 aliphatic carbocycles. The van der Waals surface area contributed by atoms with Crippen LogP contribution >= 0.6 is 0 Å². The number of aryl methyl sites for hydroxylation is 2. The Balaban J connectivity index is 1.85. The zero-order chi connectivity index (χ0) is 16.6. The van der Waals surface area contributed by atoms with E-state index in [-0.39, 0.29) is 6.42 Å². The maximum atomic E-state index is 13.6. The largest absolute Gasteiger partial charge is 0.464 e. The first-order chi connectivity index (χ1) is 11.0. The molecule has 2 aromatic carbocycles. The molecule has 0 radical (unpaired) electrons. The molecule has 23 heavy (non-hydrogen) atoms. The summed E-state index contributed by atoms with van der Waals surface area (Å²) >= 11 is 0. The molecule has 118 valence electrons. The molecule has 0 saturated heterocycles. The van der Waals surface area contributed by atoms with Gasteiger partial charge in [-0.05, 0) is 49.2 Å². The van der Waals surface area contributed by atoms with Gasteiger partial charge >= 0.3 is 0 Å². The van der Waals surface area contributed by atoms with Crippen molar-refractivity contribution in [1.82, 2.24) is 0 Å². The number of nitrogens with one attached hydrogen (secondary N) is 1. The van der Waals surface area contributed by atoms with Crippen molar-refractivity contribution < 1.29 is 18.0 Å². The lowest BCUT2D eigenvalue weighted by Gasteiger charge is -2.07. The molecule has 5 heteroatoms. The number of carbonyl (C=O) groups is 1. The molecular formula is C18H15F2NO2. The number of hydrogen-bond acceptors (Lipinski definition) is 2. The first-order valence-electron chi connectivity index (χ1n) is 7.17. The number of furan rings is 1. The van der Waals surface area contributed by atoms with E-state index in [0.717, 1.165) is 28.6 Å². The standard InChI is InChI=1S/C18H15F2NO2/c1-10-6-13-12(9-23-16(13)7-11(10)2)8-17(22)21-18-14(19)4-3-5-15(18)20/h3-7,9H,8H2,1-2H3,(H,21,22). The molecular weight excluding hydrogens is 300 g/mol. The quantitative estimate of drug-likeness (QED) is 0.772. The van der Waals surface area contributed by atoms with Crippen LogP contribution in [0.2, 0.25) is 0 Å². The fourth-order valence-corrected chi connectivity index (χ4v) is 2.45. The lowest BCUT2D eigenvalue weighted by molar-refractivity contribution is -0.115. The third kappa shape index (κ3) is 2.95. The number of amides is 1. The maximum Gasteiger partial charge on any atom is 0.229 e. The van der Waals surface area contributed by atoms with E-state index in [4.69, 9.17) is 4.42 Å². The van der Waals surface area contributed by atoms with Crippen molar-refractivity contribution in [2.75, 3.05) is 5.32 Å². The van der Waals surface area contributed by atoms with E-state index in [1.807, 2.05) is 26.0 Å². The molecule has 1 N–H and O–H groups in total. The SMILES string of the molecule is Cc1cc2occ(CC(=O)Nc3c(F)cccc3F)c2cc1C. The number of fused-ring (bicyclic) bond motifs is 1. The van der Waals surface area contributed by atoms with Crippen LogP contribution in [0.3, 0.4) is 0 Å². The van der Waals surface area contributed by atoms with E-state index < -0.39 is 23.2 Å². The molecule has 1 heterocycles. The summed E-state index contributed by atoms with van der Waals surface area (Å²) in [5, 5.41) is 3.11. The second kappa shape index (κ2) is 5.83. The van der Waals surface area contributed by atoms with Crippen LogP contribution in [0.1, 0.15) is 16.7 Å². The average molecular weight is 315 g/mol. The van der Waals surface area contributed by atoms with Gasteiger partial charge in [0, 0.05) is 10.9 Å². The number of carbonyl (C=O) groups excluding carboxylic acids is 1. The zero-order valence-electron chi connectivity index (χ0n) is 12.7. The highest BCUT2D eigenvalue weighted by atomic mass is 19.1. The number of rotatable bonds is 3. The topological polar surface area (TPSA) is 42.2 Å². The summed E-state index contributed by atoms with van der Waals surface area (Å²) in [5.41, 5.74) is 3.11. The molecule has 0 spiro atoms. The number of para-hydroxylation sites is 1. The second-order valence-electron chi connectivity index (χ2n) is 5.52. The molecule has 0 atom stereocenters. The molecule has 3 aromatic rings. The second-order valence-corrected chi connectivity index (χ2v) is 5.52. The smallest absolute Gasteiger partial charge is 0.229 e. The minimum Gasteiger partial charge on any atom is -0.464 e. The van der Waals surface area contributed by atoms with E-state index in [2.05, 4.69) is 5.32 Å². The van der Waals surface area contributed by atoms with Crippen molar-refractivity contribution in [2.24, 2.45) is 0 Å². The van der Waals surface area contributed by atoms with Gasteiger partial charge in [0.15, 0.2) is 0 Å². The molecule has 0 fully saturated rings. The van der Waals surface area contributed by atoms with Gasteiger partial charge < -0.3 is 9.73 Å². The first-order valence-corrected chi connectivity index (χ1v) is 7.17. The zero-order valence-corrected chi connectivity index (χ0v) is 12.7. The monoisotopic (exact) mass is 315 g/mol. The highest BCUT2D eigenvalue weighted by molar-refractivity contribution is 5.95. The lowest BCUT2D eigenvalue weighted by atomic mass is 10.0. The Hall–Kier alpha value is -2.69. The summed E-state index contributed by atoms with van der Waals surface area (Å²) in [7, 11) is 0. The van der Waals surface area contributed by atoms with Crippen LogP contribution in [-0.2, 0) is 11.2 Å². The Morgan fingerprint density at radius 2 is 1.78 bits per heavy atom. The minimum absolute atomic E-state index is 0.0245. The summed E-state index contributed by atoms with van der Waals surface area (Å²) in [6.45, 7) is 3.95. The van der Waals surface area contributed by atoms with E-state index in [1.54, 1.807) is 0 Å². The Morgan fingerprint density at radius 3 is 2.48 bits per heavy atom. The molecule has 3 nitrogen and oxygen atoms in total. The molecule has 0 saturated carbocycles. The predicted octanol–water partition coefficient (Wildman–Crippen LogP) is 4.51. The average Bonchev–Trinajstić information content (AvgIpc) is 2.86. The van der Waals surface area contributed by atoms with Gasteiger partial charge in [0.05, 0.1) is 12.7 Å². The number of halogens is 2. The lowest BCUT2D eigenvalue weighted by Crippen LogP contribution is -2.16.